The maximum Gasteiger partial charge on any atom is 0.318 e. The minimum absolute atomic E-state index is 0.0797. The van der Waals surface area contributed by atoms with Crippen LogP contribution in [0.2, 0.25) is 0 Å². The van der Waals surface area contributed by atoms with Crippen molar-refractivity contribution in [3.05, 3.63) is 11.1 Å². The van der Waals surface area contributed by atoms with Gasteiger partial charge < -0.3 is 4.74 Å². The number of allylic oxidation sites excluding steroid dienone is 2. The minimum Gasteiger partial charge on any atom is -0.393 e. The Kier molecular flexibility index (Phi) is 1.58. The fraction of sp³-hybridized carbons (Fsp3) is 0.750. The molecule has 4 bridgehead atoms. The Morgan fingerprint density at radius 1 is 0.947 bits per heavy atom. The van der Waals surface area contributed by atoms with Crippen molar-refractivity contribution in [2.45, 2.75) is 33.1 Å². The molecule has 100 valence electrons. The van der Waals surface area contributed by atoms with Crippen molar-refractivity contribution >= 4 is 11.9 Å². The van der Waals surface area contributed by atoms with Crippen molar-refractivity contribution < 1.29 is 14.3 Å². The van der Waals surface area contributed by atoms with Crippen molar-refractivity contribution in [1.82, 2.24) is 0 Å². The summed E-state index contributed by atoms with van der Waals surface area (Å²) in [5.74, 6) is 1.17. The first-order valence-electron chi connectivity index (χ1n) is 7.51. The van der Waals surface area contributed by atoms with E-state index in [2.05, 4.69) is 13.8 Å². The lowest BCUT2D eigenvalue weighted by atomic mass is 9.72. The molecule has 4 aliphatic carbocycles. The van der Waals surface area contributed by atoms with Gasteiger partial charge in [0.1, 0.15) is 0 Å². The highest BCUT2D eigenvalue weighted by Crippen LogP contribution is 2.74. The summed E-state index contributed by atoms with van der Waals surface area (Å²) in [7, 11) is 0. The summed E-state index contributed by atoms with van der Waals surface area (Å²) < 4.78 is 4.95. The molecule has 3 nitrogen and oxygen atoms in total. The molecule has 0 aromatic carbocycles. The van der Waals surface area contributed by atoms with E-state index in [9.17, 15) is 9.59 Å². The van der Waals surface area contributed by atoms with Crippen LogP contribution >= 0.6 is 0 Å². The summed E-state index contributed by atoms with van der Waals surface area (Å²) in [5.41, 5.74) is 3.24. The van der Waals surface area contributed by atoms with Crippen LogP contribution in [0, 0.1) is 40.9 Å². The van der Waals surface area contributed by atoms with E-state index < -0.39 is 0 Å². The molecule has 3 fully saturated rings. The van der Waals surface area contributed by atoms with Gasteiger partial charge in [0.05, 0.1) is 11.8 Å². The zero-order valence-electron chi connectivity index (χ0n) is 11.3. The highest BCUT2D eigenvalue weighted by molar-refractivity contribution is 5.99. The number of carbonyl (C=O) groups is 2. The van der Waals surface area contributed by atoms with Gasteiger partial charge in [0.25, 0.3) is 0 Å². The molecule has 0 radical (unpaired) electrons. The molecule has 1 saturated heterocycles. The molecule has 0 N–H and O–H groups in total. The molecule has 6 atom stereocenters. The van der Waals surface area contributed by atoms with E-state index in [0.29, 0.717) is 11.8 Å². The largest absolute Gasteiger partial charge is 0.393 e. The highest BCUT2D eigenvalue weighted by atomic mass is 16.6. The standard InChI is InChI=1S/C16H18O3/c1-16(2)12-8-6-3-4-7(5-6)9(8)13(16)11-10(12)14(17)19-15(11)18/h6-7,10-13H,3-5H2,1-2H3. The summed E-state index contributed by atoms with van der Waals surface area (Å²) in [6.07, 6.45) is 3.88. The molecular weight excluding hydrogens is 240 g/mol. The molecular formula is C16H18O3. The maximum atomic E-state index is 12.1. The van der Waals surface area contributed by atoms with Gasteiger partial charge >= 0.3 is 11.9 Å². The second-order valence-electron chi connectivity index (χ2n) is 7.69. The van der Waals surface area contributed by atoms with Crippen LogP contribution in [0.1, 0.15) is 33.1 Å². The highest BCUT2D eigenvalue weighted by Gasteiger charge is 2.73. The molecule has 0 aromatic rings. The SMILES string of the molecule is CC1(C)C2C3=C(C4CCC3C4)C1C1C(=O)OC(=O)C12. The predicted molar refractivity (Wildman–Crippen MR) is 66.7 cm³/mol. The van der Waals surface area contributed by atoms with Gasteiger partial charge in [-0.1, -0.05) is 25.0 Å². The second-order valence-corrected chi connectivity index (χ2v) is 7.69. The van der Waals surface area contributed by atoms with E-state index in [1.165, 1.54) is 19.3 Å². The number of cyclic esters (lactones) is 2. The van der Waals surface area contributed by atoms with Crippen molar-refractivity contribution in [2.24, 2.45) is 40.9 Å². The van der Waals surface area contributed by atoms with E-state index in [1.807, 2.05) is 0 Å². The summed E-state index contributed by atoms with van der Waals surface area (Å²) >= 11 is 0. The zero-order valence-corrected chi connectivity index (χ0v) is 11.3. The molecule has 3 heteroatoms. The topological polar surface area (TPSA) is 43.4 Å². The van der Waals surface area contributed by atoms with E-state index in [-0.39, 0.29) is 41.0 Å². The Labute approximate surface area is 112 Å². The Balaban J connectivity index is 1.74. The fourth-order valence-electron chi connectivity index (χ4n) is 6.41. The Bertz CT molecular complexity index is 525. The molecule has 5 rings (SSSR count). The smallest absolute Gasteiger partial charge is 0.318 e. The quantitative estimate of drug-likeness (QED) is 0.290. The first kappa shape index (κ1) is 10.6. The molecule has 1 heterocycles. The third-order valence-corrected chi connectivity index (χ3v) is 6.77. The normalized spacial score (nSPS) is 51.9. The summed E-state index contributed by atoms with van der Waals surface area (Å²) in [5, 5.41) is 0. The monoisotopic (exact) mass is 258 g/mol. The van der Waals surface area contributed by atoms with Gasteiger partial charge in [0.15, 0.2) is 0 Å². The van der Waals surface area contributed by atoms with Gasteiger partial charge in [-0.05, 0) is 36.5 Å². The third-order valence-electron chi connectivity index (χ3n) is 6.77. The number of rotatable bonds is 0. The van der Waals surface area contributed by atoms with Crippen molar-refractivity contribution in [3.63, 3.8) is 0 Å². The van der Waals surface area contributed by atoms with Gasteiger partial charge in [0.2, 0.25) is 0 Å². The van der Waals surface area contributed by atoms with Crippen LogP contribution in [0.25, 0.3) is 0 Å². The first-order chi connectivity index (χ1) is 9.01. The van der Waals surface area contributed by atoms with Gasteiger partial charge in [-0.15, -0.1) is 0 Å². The van der Waals surface area contributed by atoms with Crippen LogP contribution in [0.3, 0.4) is 0 Å². The van der Waals surface area contributed by atoms with Crippen LogP contribution in [0.5, 0.6) is 0 Å². The summed E-state index contributed by atoms with van der Waals surface area (Å²) in [6, 6.07) is 0. The van der Waals surface area contributed by atoms with E-state index in [4.69, 9.17) is 4.74 Å². The maximum absolute atomic E-state index is 12.1. The molecule has 19 heavy (non-hydrogen) atoms. The van der Waals surface area contributed by atoms with Crippen LogP contribution in [-0.2, 0) is 14.3 Å². The van der Waals surface area contributed by atoms with Gasteiger partial charge in [-0.25, -0.2) is 0 Å². The van der Waals surface area contributed by atoms with Crippen LogP contribution in [-0.4, -0.2) is 11.9 Å². The lowest BCUT2D eigenvalue weighted by Gasteiger charge is -2.30. The molecule has 0 amide bonds. The van der Waals surface area contributed by atoms with Gasteiger partial charge in [0, 0.05) is 11.8 Å². The predicted octanol–water partition coefficient (Wildman–Crippen LogP) is 2.31. The van der Waals surface area contributed by atoms with Crippen molar-refractivity contribution in [1.29, 1.82) is 0 Å². The third kappa shape index (κ3) is 0.916. The number of fused-ring (bicyclic) bond motifs is 11. The van der Waals surface area contributed by atoms with E-state index >= 15 is 0 Å². The Hall–Kier alpha value is -1.12. The Morgan fingerprint density at radius 2 is 1.42 bits per heavy atom. The molecule has 5 aliphatic rings. The lowest BCUT2D eigenvalue weighted by Crippen LogP contribution is -2.29. The van der Waals surface area contributed by atoms with E-state index in [0.717, 1.165) is 0 Å². The molecule has 6 unspecified atom stereocenters. The minimum atomic E-state index is -0.245. The van der Waals surface area contributed by atoms with Crippen molar-refractivity contribution in [2.75, 3.05) is 0 Å². The number of hydrogen-bond acceptors (Lipinski definition) is 3. The average molecular weight is 258 g/mol. The van der Waals surface area contributed by atoms with Gasteiger partial charge in [-0.2, -0.15) is 0 Å². The zero-order chi connectivity index (χ0) is 13.1. The van der Waals surface area contributed by atoms with Crippen LogP contribution in [0.15, 0.2) is 11.1 Å². The number of hydrogen-bond donors (Lipinski definition) is 0. The van der Waals surface area contributed by atoms with E-state index in [1.54, 1.807) is 11.1 Å². The van der Waals surface area contributed by atoms with Crippen LogP contribution in [0.4, 0.5) is 0 Å². The summed E-state index contributed by atoms with van der Waals surface area (Å²) in [4.78, 5) is 24.1. The van der Waals surface area contributed by atoms with Crippen LogP contribution < -0.4 is 0 Å². The number of ether oxygens (including phenoxy) is 1. The molecule has 0 spiro atoms. The first-order valence-corrected chi connectivity index (χ1v) is 7.51. The Morgan fingerprint density at radius 3 is 1.89 bits per heavy atom. The lowest BCUT2D eigenvalue weighted by molar-refractivity contribution is -0.155. The molecule has 1 aliphatic heterocycles. The second kappa shape index (κ2) is 2.82. The molecule has 0 aromatic heterocycles. The molecule has 2 saturated carbocycles. The van der Waals surface area contributed by atoms with Gasteiger partial charge in [-0.3, -0.25) is 9.59 Å². The number of carbonyl (C=O) groups excluding carboxylic acids is 2. The van der Waals surface area contributed by atoms with Crippen molar-refractivity contribution in [3.8, 4) is 0 Å². The summed E-state index contributed by atoms with van der Waals surface area (Å²) in [6.45, 7) is 4.53. The fourth-order valence-corrected chi connectivity index (χ4v) is 6.41. The number of esters is 2. The average Bonchev–Trinajstić information content (AvgIpc) is 3.07.